The molecule has 0 bridgehead atoms. The van der Waals surface area contributed by atoms with Crippen molar-refractivity contribution in [2.45, 2.75) is 135 Å². The van der Waals surface area contributed by atoms with E-state index in [-0.39, 0.29) is 50.6 Å². The third kappa shape index (κ3) is 20.8. The van der Waals surface area contributed by atoms with Gasteiger partial charge in [0.25, 0.3) is 0 Å². The van der Waals surface area contributed by atoms with E-state index >= 15 is 0 Å². The highest BCUT2D eigenvalue weighted by molar-refractivity contribution is 9.11. The minimum Gasteiger partial charge on any atom is -0.619 e. The Morgan fingerprint density at radius 2 is 0.785 bits per heavy atom. The van der Waals surface area contributed by atoms with Crippen LogP contribution in [-0.4, -0.2) is 143 Å². The molecule has 12 aromatic heterocycles. The summed E-state index contributed by atoms with van der Waals surface area (Å²) in [6.07, 6.45) is 29.6. The van der Waals surface area contributed by atoms with Gasteiger partial charge in [-0.25, -0.2) is 19.9 Å². The average Bonchev–Trinajstić information content (AvgIpc) is 1.71. The second-order valence-electron chi connectivity index (χ2n) is 25.7. The number of aliphatic hydroxyl groups is 4. The Bertz CT molecular complexity index is 4730. The zero-order chi connectivity index (χ0) is 75.3. The second-order valence-corrected chi connectivity index (χ2v) is 29.1. The van der Waals surface area contributed by atoms with E-state index in [1.54, 1.807) is 73.3 Å². The molecule has 4 atom stereocenters. The van der Waals surface area contributed by atoms with Gasteiger partial charge in [0.05, 0.1) is 80.6 Å². The highest BCUT2D eigenvalue weighted by Gasteiger charge is 2.27. The minimum absolute atomic E-state index is 0.0391. The van der Waals surface area contributed by atoms with Crippen molar-refractivity contribution in [2.75, 3.05) is 81.2 Å². The summed E-state index contributed by atoms with van der Waals surface area (Å²) in [5.41, 5.74) is 6.24. The monoisotopic (exact) mass is 1720 g/mol. The van der Waals surface area contributed by atoms with Crippen LogP contribution in [0.2, 0.25) is 0 Å². The van der Waals surface area contributed by atoms with Crippen LogP contribution >= 0.6 is 63.7 Å². The third-order valence-corrected chi connectivity index (χ3v) is 20.1. The first-order valence-corrected chi connectivity index (χ1v) is 38.5. The smallest absolute Gasteiger partial charge is 0.185 e. The first kappa shape index (κ1) is 78.5. The molecule has 12 aromatic rings. The second kappa shape index (κ2) is 38.3. The maximum atomic E-state index is 11.5. The van der Waals surface area contributed by atoms with Crippen LogP contribution in [0.25, 0.3) is 22.6 Å². The number of rotatable bonds is 27. The largest absolute Gasteiger partial charge is 0.619 e. The third-order valence-electron chi connectivity index (χ3n) is 17.9. The van der Waals surface area contributed by atoms with E-state index in [9.17, 15) is 41.3 Å². The molecule has 0 spiro atoms. The number of nitrogens with zero attached hydrogens (tertiary/aromatic N) is 18. The fraction of sp³-hybridized carbons (Fsp3) is 0.380. The highest BCUT2D eigenvalue weighted by atomic mass is 79.9. The predicted octanol–water partition coefficient (Wildman–Crippen LogP) is 9.19. The normalized spacial score (nSPS) is 14.9. The van der Waals surface area contributed by atoms with Crippen molar-refractivity contribution < 1.29 is 39.3 Å². The van der Waals surface area contributed by atoms with Crippen molar-refractivity contribution in [2.24, 2.45) is 0 Å². The first-order chi connectivity index (χ1) is 52.0. The molecule has 2 aliphatic heterocycles. The predicted molar refractivity (Wildman–Crippen MR) is 421 cm³/mol. The molecular formula is C71H86Br4N24O8. The molecular weight excluding hydrogens is 1640 g/mol. The van der Waals surface area contributed by atoms with Crippen molar-refractivity contribution in [3.8, 4) is 0 Å². The molecule has 2 saturated heterocycles. The molecule has 0 radical (unpaired) electrons. The SMILES string of the molecule is CCC[C@@H](CO)Nc1cc(NCc2ccc[n+]([O-])c2)n2ncc(Br)c2n1.CCC[C@H](CO)Nc1cc(NCc2ccc[n+]([O-])c2)n2ncc(Br)c2n1.[O-][n+]1cccc(CNc2cc(N3CCCCC3CCO)nc3c(Br)cnn23)c1.[O-][n+]1cccc(CNc2cc(N3CCCCC3CO)nc3c(Br)cnn23)c1. The van der Waals surface area contributed by atoms with Crippen LogP contribution in [0, 0.1) is 20.8 Å². The lowest BCUT2D eigenvalue weighted by Crippen LogP contribution is -2.42. The fourth-order valence-corrected chi connectivity index (χ4v) is 14.0. The molecule has 0 amide bonds. The summed E-state index contributed by atoms with van der Waals surface area (Å²) in [6, 6.07) is 22.3. The van der Waals surface area contributed by atoms with Gasteiger partial charge in [-0.05, 0) is 146 Å². The van der Waals surface area contributed by atoms with Crippen molar-refractivity contribution in [3.05, 3.63) is 208 Å². The van der Waals surface area contributed by atoms with E-state index in [0.29, 0.717) is 54.8 Å². The van der Waals surface area contributed by atoms with E-state index in [1.165, 1.54) is 49.8 Å². The van der Waals surface area contributed by atoms with Crippen LogP contribution < -0.4 is 60.6 Å². The van der Waals surface area contributed by atoms with E-state index in [4.69, 9.17) is 9.97 Å². The van der Waals surface area contributed by atoms with Gasteiger partial charge < -0.3 is 83.0 Å². The summed E-state index contributed by atoms with van der Waals surface area (Å²) in [5.74, 6) is 6.06. The Hall–Kier alpha value is -9.56. The Labute approximate surface area is 650 Å². The van der Waals surface area contributed by atoms with Gasteiger partial charge >= 0.3 is 0 Å². The van der Waals surface area contributed by atoms with Gasteiger partial charge in [-0.3, -0.25) is 0 Å². The van der Waals surface area contributed by atoms with E-state index in [2.05, 4.69) is 150 Å². The molecule has 32 nitrogen and oxygen atoms in total. The van der Waals surface area contributed by atoms with Crippen LogP contribution in [0.4, 0.5) is 46.5 Å². The Morgan fingerprint density at radius 1 is 0.458 bits per heavy atom. The molecule has 0 aliphatic carbocycles. The van der Waals surface area contributed by atoms with Crippen molar-refractivity contribution >= 4 is 133 Å². The van der Waals surface area contributed by atoms with Crippen LogP contribution in [0.1, 0.15) is 107 Å². The molecule has 107 heavy (non-hydrogen) atoms. The zero-order valence-corrected chi connectivity index (χ0v) is 65.3. The molecule has 36 heteroatoms. The summed E-state index contributed by atoms with van der Waals surface area (Å²) in [5, 5.41) is 121. The molecule has 0 saturated carbocycles. The number of hydrogen-bond acceptors (Lipinski definition) is 24. The Morgan fingerprint density at radius 3 is 1.10 bits per heavy atom. The van der Waals surface area contributed by atoms with Gasteiger partial charge in [0, 0.05) is 123 Å². The molecule has 14 heterocycles. The van der Waals surface area contributed by atoms with E-state index in [1.807, 2.05) is 48.5 Å². The van der Waals surface area contributed by atoms with Gasteiger partial charge in [0.1, 0.15) is 46.5 Å². The lowest BCUT2D eigenvalue weighted by Gasteiger charge is -2.36. The van der Waals surface area contributed by atoms with Crippen LogP contribution in [0.3, 0.4) is 0 Å². The number of hydrogen-bond donors (Lipinski definition) is 10. The molecule has 2 unspecified atom stereocenters. The number of aromatic nitrogens is 16. The fourth-order valence-electron chi connectivity index (χ4n) is 12.6. The first-order valence-electron chi connectivity index (χ1n) is 35.3. The van der Waals surface area contributed by atoms with Crippen molar-refractivity contribution in [1.82, 2.24) is 58.4 Å². The molecule has 2 aliphatic rings. The molecule has 10 N–H and O–H groups in total. The van der Waals surface area contributed by atoms with Crippen molar-refractivity contribution in [1.29, 1.82) is 0 Å². The van der Waals surface area contributed by atoms with Crippen LogP contribution in [0.5, 0.6) is 0 Å². The minimum atomic E-state index is -0.0574. The van der Waals surface area contributed by atoms with E-state index in [0.717, 1.165) is 177 Å². The van der Waals surface area contributed by atoms with Crippen LogP contribution in [0.15, 0.2) is 165 Å². The summed E-state index contributed by atoms with van der Waals surface area (Å²) < 4.78 is 13.2. The van der Waals surface area contributed by atoms with Gasteiger partial charge in [-0.15, -0.1) is 0 Å². The summed E-state index contributed by atoms with van der Waals surface area (Å²) in [6.45, 7) is 8.23. The number of aliphatic hydroxyl groups excluding tert-OH is 4. The number of piperidine rings is 2. The molecule has 566 valence electrons. The molecule has 0 aromatic carbocycles. The summed E-state index contributed by atoms with van der Waals surface area (Å²) in [4.78, 5) is 23.2. The number of anilines is 8. The van der Waals surface area contributed by atoms with E-state index < -0.39 is 0 Å². The van der Waals surface area contributed by atoms with Gasteiger partial charge in [0.15, 0.2) is 72.2 Å². The number of nitrogens with one attached hydrogen (secondary N) is 6. The van der Waals surface area contributed by atoms with Gasteiger partial charge in [-0.2, -0.15) is 57.4 Å². The molecule has 14 rings (SSSR count). The van der Waals surface area contributed by atoms with Crippen LogP contribution in [-0.2, 0) is 26.2 Å². The molecule has 2 fully saturated rings. The van der Waals surface area contributed by atoms with Gasteiger partial charge in [0.2, 0.25) is 0 Å². The lowest BCUT2D eigenvalue weighted by atomic mass is 9.99. The Kier molecular flexibility index (Phi) is 28.1. The number of fused-ring (bicyclic) bond motifs is 4. The zero-order valence-electron chi connectivity index (χ0n) is 59.0. The highest BCUT2D eigenvalue weighted by Crippen LogP contribution is 2.33. The summed E-state index contributed by atoms with van der Waals surface area (Å²) >= 11 is 14.0. The topological polar surface area (TPSA) is 388 Å². The summed E-state index contributed by atoms with van der Waals surface area (Å²) in [7, 11) is 0. The maximum absolute atomic E-state index is 11.5. The lowest BCUT2D eigenvalue weighted by molar-refractivity contribution is -0.606. The van der Waals surface area contributed by atoms with Gasteiger partial charge in [-0.1, -0.05) is 26.7 Å². The number of halogens is 4. The Balaban J connectivity index is 0.000000142. The number of pyridine rings is 4. The standard InChI is InChI=1S/C19H23BrN6O2.C18H21BrN6O2.2C17H21BrN6O2/c20-16-12-22-26-17(21-11-14-4-3-7-24(28)13-14)10-18(23-19(16)26)25-8-2-1-5-15(25)6-9-27;19-15-10-21-25-16(20-9-13-4-3-6-23(27)11-13)8-17(22-18(15)25)24-7-2-1-5-14(24)12-26;2*1-2-4-13(11-25)21-15-7-16(24-17(22-15)14(18)9-20-24)19-8-12-5-3-6-23(26)10-12/h3-4,7,10,12-13,15,21,27H,1-2,5-6,8-9,11H2;3-4,6,8,10-11,14,20,26H,1-2,5,7,9,12H2;2*3,5-7,9-10,13,19,25H,2,4,8,11H2,1H3,(H,21,22)/t;;2*13-/m..10/s1. The maximum Gasteiger partial charge on any atom is 0.185 e. The average molecular weight is 1720 g/mol. The quantitative estimate of drug-likeness (QED) is 0.0169. The van der Waals surface area contributed by atoms with Crippen molar-refractivity contribution in [3.63, 3.8) is 0 Å².